The van der Waals surface area contributed by atoms with E-state index in [1.165, 1.54) is 0 Å². The minimum absolute atomic E-state index is 0. The molecular formula is C32H36IrN2O2-2. The molecule has 0 spiro atoms. The van der Waals surface area contributed by atoms with E-state index in [2.05, 4.69) is 28.7 Å². The first-order valence-corrected chi connectivity index (χ1v) is 12.3. The number of rotatable bonds is 9. The largest absolute Gasteiger partial charge is 0.393 e. The molecule has 0 aliphatic heterocycles. The maximum atomic E-state index is 9.33. The Morgan fingerprint density at radius 2 is 1.30 bits per heavy atom. The van der Waals surface area contributed by atoms with Gasteiger partial charge >= 0.3 is 0 Å². The topological polar surface area (TPSA) is 66.2 Å². The van der Waals surface area contributed by atoms with Crippen molar-refractivity contribution in [3.63, 3.8) is 0 Å². The van der Waals surface area contributed by atoms with E-state index in [0.717, 1.165) is 48.2 Å². The summed E-state index contributed by atoms with van der Waals surface area (Å²) in [6, 6.07) is 33.6. The smallest absolute Gasteiger partial charge is 0.0564 e. The van der Waals surface area contributed by atoms with Gasteiger partial charge in [0.25, 0.3) is 0 Å². The quantitative estimate of drug-likeness (QED) is 0.115. The van der Waals surface area contributed by atoms with Crippen LogP contribution in [0, 0.1) is 12.1 Å². The number of benzene rings is 2. The molecule has 2 atom stereocenters. The molecule has 4 nitrogen and oxygen atoms in total. The van der Waals surface area contributed by atoms with Gasteiger partial charge < -0.3 is 20.2 Å². The Bertz CT molecular complexity index is 913. The average molecular weight is 673 g/mol. The molecule has 2 N–H and O–H groups in total. The van der Waals surface area contributed by atoms with E-state index in [1.54, 1.807) is 19.3 Å². The SMILES string of the molecule is C=CCCCCC(O)CC(C)O.[Ir].[c-]1ccccc1-c1ccccn1.[c-]1ccccc1-c1ccccn1. The van der Waals surface area contributed by atoms with Crippen LogP contribution >= 0.6 is 0 Å². The maximum absolute atomic E-state index is 9.33. The Balaban J connectivity index is 0.000000274. The number of aromatic nitrogens is 2. The molecule has 0 aliphatic carbocycles. The van der Waals surface area contributed by atoms with Gasteiger partial charge in [-0.25, -0.2) is 0 Å². The number of unbranched alkanes of at least 4 members (excludes halogenated alkanes) is 2. The summed E-state index contributed by atoms with van der Waals surface area (Å²) in [4.78, 5) is 8.44. The predicted molar refractivity (Wildman–Crippen MR) is 148 cm³/mol. The summed E-state index contributed by atoms with van der Waals surface area (Å²) in [5, 5.41) is 18.3. The molecule has 0 bridgehead atoms. The van der Waals surface area contributed by atoms with Crippen molar-refractivity contribution in [2.24, 2.45) is 0 Å². The average Bonchev–Trinajstić information content (AvgIpc) is 2.93. The van der Waals surface area contributed by atoms with Crippen LogP contribution in [0.15, 0.2) is 110 Å². The minimum Gasteiger partial charge on any atom is -0.393 e. The molecule has 0 saturated heterocycles. The molecule has 2 aromatic carbocycles. The molecule has 0 amide bonds. The molecule has 2 aromatic heterocycles. The summed E-state index contributed by atoms with van der Waals surface area (Å²) in [7, 11) is 0. The Morgan fingerprint density at radius 3 is 1.68 bits per heavy atom. The molecule has 37 heavy (non-hydrogen) atoms. The minimum atomic E-state index is -0.389. The van der Waals surface area contributed by atoms with Crippen LogP contribution in [0.3, 0.4) is 0 Å². The standard InChI is InChI=1S/2C11H8N.C10H20O2.Ir/c2*1-2-6-10(7-3-1)11-8-4-5-9-12-11;1-3-4-5-6-7-10(12)8-9(2)11;/h2*1-6,8-9H;3,9-12H,1,4-8H2,2H3;/q2*-1;;. The zero-order valence-electron chi connectivity index (χ0n) is 21.3. The molecule has 197 valence electrons. The Hall–Kier alpha value is -2.95. The van der Waals surface area contributed by atoms with E-state index in [-0.39, 0.29) is 32.3 Å². The van der Waals surface area contributed by atoms with E-state index in [0.29, 0.717) is 6.42 Å². The van der Waals surface area contributed by atoms with Crippen molar-refractivity contribution in [2.45, 2.75) is 51.2 Å². The van der Waals surface area contributed by atoms with Crippen LogP contribution in [-0.4, -0.2) is 32.4 Å². The zero-order chi connectivity index (χ0) is 25.8. The van der Waals surface area contributed by atoms with Gasteiger partial charge in [0.1, 0.15) is 0 Å². The fourth-order valence-corrected chi connectivity index (χ4v) is 3.33. The molecular weight excluding hydrogens is 637 g/mol. The molecule has 0 aliphatic rings. The van der Waals surface area contributed by atoms with Gasteiger partial charge in [-0.3, -0.25) is 0 Å². The number of pyridine rings is 2. The van der Waals surface area contributed by atoms with Crippen molar-refractivity contribution in [2.75, 3.05) is 0 Å². The fourth-order valence-electron chi connectivity index (χ4n) is 3.33. The zero-order valence-corrected chi connectivity index (χ0v) is 23.7. The van der Waals surface area contributed by atoms with E-state index < -0.39 is 0 Å². The van der Waals surface area contributed by atoms with Crippen molar-refractivity contribution >= 4 is 0 Å². The van der Waals surface area contributed by atoms with Crippen molar-refractivity contribution in [3.05, 3.63) is 122 Å². The Kier molecular flexibility index (Phi) is 17.5. The van der Waals surface area contributed by atoms with E-state index in [4.69, 9.17) is 5.11 Å². The Labute approximate surface area is 235 Å². The molecule has 2 unspecified atom stereocenters. The number of hydrogen-bond donors (Lipinski definition) is 2. The third kappa shape index (κ3) is 14.4. The summed E-state index contributed by atoms with van der Waals surface area (Å²) in [5.74, 6) is 0. The number of aliphatic hydroxyl groups excluding tert-OH is 2. The van der Waals surface area contributed by atoms with Gasteiger partial charge in [0.15, 0.2) is 0 Å². The summed E-state index contributed by atoms with van der Waals surface area (Å²) >= 11 is 0. The number of aliphatic hydroxyl groups is 2. The van der Waals surface area contributed by atoms with E-state index >= 15 is 0 Å². The molecule has 0 fully saturated rings. The van der Waals surface area contributed by atoms with Crippen LogP contribution in [0.4, 0.5) is 0 Å². The van der Waals surface area contributed by atoms with Crippen LogP contribution in [0.5, 0.6) is 0 Å². The number of nitrogens with zero attached hydrogens (tertiary/aromatic N) is 2. The second-order valence-electron chi connectivity index (χ2n) is 8.29. The molecule has 5 heteroatoms. The van der Waals surface area contributed by atoms with E-state index in [9.17, 15) is 5.11 Å². The first-order chi connectivity index (χ1) is 17.6. The second kappa shape index (κ2) is 20.1. The molecule has 2 heterocycles. The summed E-state index contributed by atoms with van der Waals surface area (Å²) < 4.78 is 0. The molecule has 4 rings (SSSR count). The monoisotopic (exact) mass is 673 g/mol. The summed E-state index contributed by atoms with van der Waals surface area (Å²) in [6.07, 6.45) is 9.14. The third-order valence-corrected chi connectivity index (χ3v) is 5.11. The van der Waals surface area contributed by atoms with Crippen LogP contribution < -0.4 is 0 Å². The van der Waals surface area contributed by atoms with Crippen molar-refractivity contribution in [3.8, 4) is 22.5 Å². The first kappa shape index (κ1) is 32.1. The van der Waals surface area contributed by atoms with E-state index in [1.807, 2.05) is 91.0 Å². The van der Waals surface area contributed by atoms with Gasteiger partial charge in [0, 0.05) is 32.5 Å². The van der Waals surface area contributed by atoms with Gasteiger partial charge in [-0.15, -0.1) is 78.4 Å². The van der Waals surface area contributed by atoms with Gasteiger partial charge in [-0.2, -0.15) is 0 Å². The molecule has 0 saturated carbocycles. The normalized spacial score (nSPS) is 11.3. The molecule has 1 radical (unpaired) electrons. The van der Waals surface area contributed by atoms with Gasteiger partial charge in [-0.05, 0) is 56.1 Å². The first-order valence-electron chi connectivity index (χ1n) is 12.3. The van der Waals surface area contributed by atoms with Crippen LogP contribution in [0.2, 0.25) is 0 Å². The van der Waals surface area contributed by atoms with Crippen molar-refractivity contribution in [1.29, 1.82) is 0 Å². The summed E-state index contributed by atoms with van der Waals surface area (Å²) in [6.45, 7) is 5.32. The maximum Gasteiger partial charge on any atom is 0.0564 e. The van der Waals surface area contributed by atoms with Crippen molar-refractivity contribution < 1.29 is 30.3 Å². The van der Waals surface area contributed by atoms with Crippen molar-refractivity contribution in [1.82, 2.24) is 9.97 Å². The van der Waals surface area contributed by atoms with Crippen LogP contribution in [0.25, 0.3) is 22.5 Å². The van der Waals surface area contributed by atoms with Gasteiger partial charge in [-0.1, -0.05) is 36.8 Å². The van der Waals surface area contributed by atoms with Gasteiger partial charge in [0.05, 0.1) is 12.2 Å². The summed E-state index contributed by atoms with van der Waals surface area (Å²) in [5.41, 5.74) is 4.02. The predicted octanol–water partition coefficient (Wildman–Crippen LogP) is 6.96. The number of allylic oxidation sites excluding steroid dienone is 1. The fraction of sp³-hybridized carbons (Fsp3) is 0.250. The van der Waals surface area contributed by atoms with Gasteiger partial charge in [0.2, 0.25) is 0 Å². The number of hydrogen-bond acceptors (Lipinski definition) is 4. The molecule has 4 aromatic rings. The Morgan fingerprint density at radius 1 is 0.784 bits per heavy atom. The van der Waals surface area contributed by atoms with Crippen LogP contribution in [-0.2, 0) is 20.1 Å². The second-order valence-corrected chi connectivity index (χ2v) is 8.29. The van der Waals surface area contributed by atoms with Crippen LogP contribution in [0.1, 0.15) is 39.0 Å². The third-order valence-electron chi connectivity index (χ3n) is 5.11.